The van der Waals surface area contributed by atoms with Gasteiger partial charge < -0.3 is 23.7 Å². The Morgan fingerprint density at radius 3 is 2.45 bits per heavy atom. The minimum Gasteiger partial charge on any atom is -0.496 e. The molecule has 29 heavy (non-hydrogen) atoms. The van der Waals surface area contributed by atoms with E-state index in [9.17, 15) is 0 Å². The van der Waals surface area contributed by atoms with Crippen LogP contribution in [0.4, 0.5) is 0 Å². The van der Waals surface area contributed by atoms with Gasteiger partial charge in [0.1, 0.15) is 24.8 Å². The summed E-state index contributed by atoms with van der Waals surface area (Å²) in [6, 6.07) is 16.3. The Labute approximate surface area is 173 Å². The maximum absolute atomic E-state index is 6.26. The zero-order valence-corrected chi connectivity index (χ0v) is 17.6. The van der Waals surface area contributed by atoms with E-state index in [1.54, 1.807) is 14.2 Å². The predicted molar refractivity (Wildman–Crippen MR) is 112 cm³/mol. The Hall–Kier alpha value is -2.18. The van der Waals surface area contributed by atoms with Crippen LogP contribution in [0.3, 0.4) is 0 Å². The second-order valence-corrected chi connectivity index (χ2v) is 7.22. The molecule has 0 amide bonds. The molecule has 0 bridgehead atoms. The summed E-state index contributed by atoms with van der Waals surface area (Å²) in [5.41, 5.74) is 4.32. The largest absolute Gasteiger partial charge is 0.496 e. The van der Waals surface area contributed by atoms with Crippen molar-refractivity contribution >= 4 is 0 Å². The SMILES string of the molecule is COCO[C@H]1C=C(C)[C@H](c2ccc(COCc3ccccc3)cc2OC)O[C@@H]1C. The summed E-state index contributed by atoms with van der Waals surface area (Å²) >= 11 is 0. The molecule has 1 aliphatic rings. The fourth-order valence-electron chi connectivity index (χ4n) is 3.45. The molecule has 0 radical (unpaired) electrons. The van der Waals surface area contributed by atoms with E-state index in [2.05, 4.69) is 37.3 Å². The average Bonchev–Trinajstić information content (AvgIpc) is 2.75. The Kier molecular flexibility index (Phi) is 7.83. The third-order valence-electron chi connectivity index (χ3n) is 4.99. The standard InChI is InChI=1S/C24H30O5/c1-17-12-22(28-16-25-3)18(2)29-24(17)21-11-10-20(13-23(21)26-4)15-27-14-19-8-6-5-7-9-19/h5-13,18,22,24H,14-16H2,1-4H3/t18-,22+,24-/m1/s1. The second kappa shape index (κ2) is 10.6. The van der Waals surface area contributed by atoms with Crippen LogP contribution in [0.25, 0.3) is 0 Å². The number of methoxy groups -OCH3 is 2. The highest BCUT2D eigenvalue weighted by Crippen LogP contribution is 2.38. The van der Waals surface area contributed by atoms with Crippen LogP contribution < -0.4 is 4.74 Å². The summed E-state index contributed by atoms with van der Waals surface area (Å²) in [5, 5.41) is 0. The molecule has 156 valence electrons. The van der Waals surface area contributed by atoms with Gasteiger partial charge in [-0.05, 0) is 36.6 Å². The Bertz CT molecular complexity index is 802. The maximum atomic E-state index is 6.26. The topological polar surface area (TPSA) is 46.2 Å². The number of ether oxygens (including phenoxy) is 5. The molecule has 3 atom stereocenters. The average molecular weight is 398 g/mol. The van der Waals surface area contributed by atoms with Gasteiger partial charge in [-0.1, -0.05) is 48.5 Å². The van der Waals surface area contributed by atoms with Crippen molar-refractivity contribution in [1.29, 1.82) is 0 Å². The van der Waals surface area contributed by atoms with E-state index in [4.69, 9.17) is 23.7 Å². The lowest BCUT2D eigenvalue weighted by molar-refractivity contribution is -0.125. The van der Waals surface area contributed by atoms with E-state index in [0.717, 1.165) is 28.0 Å². The Balaban J connectivity index is 1.68. The van der Waals surface area contributed by atoms with Crippen molar-refractivity contribution in [2.45, 2.75) is 45.4 Å². The lowest BCUT2D eigenvalue weighted by Crippen LogP contribution is -2.34. The van der Waals surface area contributed by atoms with Crippen molar-refractivity contribution in [2.24, 2.45) is 0 Å². The molecule has 0 aliphatic carbocycles. The quantitative estimate of drug-likeness (QED) is 0.448. The van der Waals surface area contributed by atoms with Gasteiger partial charge in [0.05, 0.1) is 26.4 Å². The molecule has 0 saturated heterocycles. The molecule has 1 aliphatic heterocycles. The van der Waals surface area contributed by atoms with Crippen LogP contribution in [-0.4, -0.2) is 33.2 Å². The molecule has 5 nitrogen and oxygen atoms in total. The van der Waals surface area contributed by atoms with Crippen molar-refractivity contribution in [3.8, 4) is 5.75 Å². The third-order valence-corrected chi connectivity index (χ3v) is 4.99. The highest BCUT2D eigenvalue weighted by molar-refractivity contribution is 5.42. The van der Waals surface area contributed by atoms with Gasteiger partial charge in [0.15, 0.2) is 0 Å². The molecule has 0 saturated carbocycles. The van der Waals surface area contributed by atoms with Crippen LogP contribution in [-0.2, 0) is 32.2 Å². The van der Waals surface area contributed by atoms with Crippen molar-refractivity contribution in [3.63, 3.8) is 0 Å². The lowest BCUT2D eigenvalue weighted by atomic mass is 9.95. The lowest BCUT2D eigenvalue weighted by Gasteiger charge is -2.33. The van der Waals surface area contributed by atoms with Crippen molar-refractivity contribution < 1.29 is 23.7 Å². The molecular weight excluding hydrogens is 368 g/mol. The van der Waals surface area contributed by atoms with Gasteiger partial charge in [-0.25, -0.2) is 0 Å². The first kappa shape index (κ1) is 21.5. The molecule has 5 heteroatoms. The molecule has 0 unspecified atom stereocenters. The smallest absolute Gasteiger partial charge is 0.147 e. The molecule has 2 aromatic carbocycles. The maximum Gasteiger partial charge on any atom is 0.147 e. The predicted octanol–water partition coefficient (Wildman–Crippen LogP) is 4.81. The summed E-state index contributed by atoms with van der Waals surface area (Å²) in [5.74, 6) is 0.798. The molecule has 0 fully saturated rings. The molecule has 0 N–H and O–H groups in total. The minimum absolute atomic E-state index is 0.0857. The molecule has 2 aromatic rings. The van der Waals surface area contributed by atoms with Crippen LogP contribution in [0.15, 0.2) is 60.2 Å². The first-order valence-electron chi connectivity index (χ1n) is 9.85. The highest BCUT2D eigenvalue weighted by Gasteiger charge is 2.30. The molecule has 0 spiro atoms. The van der Waals surface area contributed by atoms with E-state index >= 15 is 0 Å². The summed E-state index contributed by atoms with van der Waals surface area (Å²) in [6.45, 7) is 5.41. The zero-order chi connectivity index (χ0) is 20.6. The van der Waals surface area contributed by atoms with Crippen LogP contribution >= 0.6 is 0 Å². The molecule has 1 heterocycles. The fourth-order valence-corrected chi connectivity index (χ4v) is 3.45. The normalized spacial score (nSPS) is 21.7. The summed E-state index contributed by atoms with van der Waals surface area (Å²) in [4.78, 5) is 0. The van der Waals surface area contributed by atoms with Gasteiger partial charge in [-0.2, -0.15) is 0 Å². The van der Waals surface area contributed by atoms with E-state index < -0.39 is 0 Å². The van der Waals surface area contributed by atoms with Gasteiger partial charge in [-0.15, -0.1) is 0 Å². The van der Waals surface area contributed by atoms with Gasteiger partial charge in [0, 0.05) is 12.7 Å². The Morgan fingerprint density at radius 2 is 1.72 bits per heavy atom. The van der Waals surface area contributed by atoms with Gasteiger partial charge >= 0.3 is 0 Å². The first-order chi connectivity index (χ1) is 14.1. The van der Waals surface area contributed by atoms with Crippen molar-refractivity contribution in [1.82, 2.24) is 0 Å². The summed E-state index contributed by atoms with van der Waals surface area (Å²) < 4.78 is 28.5. The highest BCUT2D eigenvalue weighted by atomic mass is 16.7. The van der Waals surface area contributed by atoms with Crippen LogP contribution in [0.1, 0.15) is 36.6 Å². The second-order valence-electron chi connectivity index (χ2n) is 7.22. The number of hydrogen-bond donors (Lipinski definition) is 0. The summed E-state index contributed by atoms with van der Waals surface area (Å²) in [7, 11) is 3.30. The fraction of sp³-hybridized carbons (Fsp3) is 0.417. The zero-order valence-electron chi connectivity index (χ0n) is 17.6. The molecular formula is C24H30O5. The van der Waals surface area contributed by atoms with Gasteiger partial charge in [0.25, 0.3) is 0 Å². The van der Waals surface area contributed by atoms with Crippen LogP contribution in [0.2, 0.25) is 0 Å². The van der Waals surface area contributed by atoms with E-state index in [1.807, 2.05) is 31.2 Å². The number of hydrogen-bond acceptors (Lipinski definition) is 5. The Morgan fingerprint density at radius 1 is 0.966 bits per heavy atom. The molecule has 0 aromatic heterocycles. The van der Waals surface area contributed by atoms with E-state index in [-0.39, 0.29) is 25.1 Å². The van der Waals surface area contributed by atoms with Crippen molar-refractivity contribution in [3.05, 3.63) is 76.9 Å². The van der Waals surface area contributed by atoms with Gasteiger partial charge in [-0.3, -0.25) is 0 Å². The van der Waals surface area contributed by atoms with E-state index in [0.29, 0.717) is 13.2 Å². The van der Waals surface area contributed by atoms with Crippen LogP contribution in [0.5, 0.6) is 5.75 Å². The number of rotatable bonds is 9. The monoisotopic (exact) mass is 398 g/mol. The third kappa shape index (κ3) is 5.67. The van der Waals surface area contributed by atoms with Gasteiger partial charge in [0.2, 0.25) is 0 Å². The molecule has 3 rings (SSSR count). The summed E-state index contributed by atoms with van der Waals surface area (Å²) in [6.07, 6.45) is 1.73. The van der Waals surface area contributed by atoms with E-state index in [1.165, 1.54) is 0 Å². The van der Waals surface area contributed by atoms with Crippen LogP contribution in [0, 0.1) is 0 Å². The number of benzene rings is 2. The minimum atomic E-state index is -0.165. The first-order valence-corrected chi connectivity index (χ1v) is 9.85. The van der Waals surface area contributed by atoms with Crippen molar-refractivity contribution in [2.75, 3.05) is 21.0 Å².